The molecule has 1 rings (SSSR count). The molecule has 0 aliphatic heterocycles. The molecule has 0 fully saturated rings. The van der Waals surface area contributed by atoms with Gasteiger partial charge >= 0.3 is 0 Å². The van der Waals surface area contributed by atoms with E-state index in [1.54, 1.807) is 12.1 Å². The second-order valence-corrected chi connectivity index (χ2v) is 5.54. The predicted molar refractivity (Wildman–Crippen MR) is 78.0 cm³/mol. The van der Waals surface area contributed by atoms with Crippen molar-refractivity contribution in [1.29, 1.82) is 0 Å². The van der Waals surface area contributed by atoms with Crippen LogP contribution in [-0.2, 0) is 6.42 Å². The van der Waals surface area contributed by atoms with E-state index in [-0.39, 0.29) is 0 Å². The van der Waals surface area contributed by atoms with Crippen LogP contribution in [0.4, 0.5) is 0 Å². The minimum atomic E-state index is 0.349. The van der Waals surface area contributed by atoms with Crippen molar-refractivity contribution in [1.82, 2.24) is 4.90 Å². The topological polar surface area (TPSA) is 23.5 Å². The van der Waals surface area contributed by atoms with Crippen LogP contribution in [0.1, 0.15) is 39.7 Å². The van der Waals surface area contributed by atoms with Crippen molar-refractivity contribution in [2.45, 2.75) is 46.6 Å². The molecular formula is C16H27NO. The average molecular weight is 249 g/mol. The molecule has 1 aromatic rings. The third kappa shape index (κ3) is 5.09. The number of benzene rings is 1. The standard InChI is InChI=1S/C16H27NO/c1-5-17(12-13(2)3)14(4)6-7-15-8-10-16(18)11-9-15/h8-11,13-14,18H,5-7,12H2,1-4H3. The van der Waals surface area contributed by atoms with Gasteiger partial charge in [-0.3, -0.25) is 0 Å². The van der Waals surface area contributed by atoms with Crippen LogP contribution in [0, 0.1) is 5.92 Å². The van der Waals surface area contributed by atoms with Gasteiger partial charge in [-0.05, 0) is 49.9 Å². The maximum Gasteiger partial charge on any atom is 0.115 e. The van der Waals surface area contributed by atoms with Gasteiger partial charge in [-0.25, -0.2) is 0 Å². The van der Waals surface area contributed by atoms with E-state index in [4.69, 9.17) is 0 Å². The predicted octanol–water partition coefficient (Wildman–Crippen LogP) is 3.69. The minimum absolute atomic E-state index is 0.349. The van der Waals surface area contributed by atoms with E-state index in [0.29, 0.717) is 11.8 Å². The van der Waals surface area contributed by atoms with Crippen LogP contribution in [0.25, 0.3) is 0 Å². The molecule has 0 spiro atoms. The fourth-order valence-electron chi connectivity index (χ4n) is 2.31. The second-order valence-electron chi connectivity index (χ2n) is 5.54. The summed E-state index contributed by atoms with van der Waals surface area (Å²) < 4.78 is 0. The smallest absolute Gasteiger partial charge is 0.115 e. The Morgan fingerprint density at radius 1 is 1.11 bits per heavy atom. The second kappa shape index (κ2) is 7.42. The molecule has 1 atom stereocenters. The third-order valence-electron chi connectivity index (χ3n) is 3.42. The first-order valence-corrected chi connectivity index (χ1v) is 7.04. The van der Waals surface area contributed by atoms with Gasteiger partial charge in [0, 0.05) is 12.6 Å². The Labute approximate surface area is 112 Å². The Morgan fingerprint density at radius 3 is 2.22 bits per heavy atom. The first kappa shape index (κ1) is 15.0. The number of nitrogens with zero attached hydrogens (tertiary/aromatic N) is 1. The normalized spacial score (nSPS) is 13.2. The molecule has 1 unspecified atom stereocenters. The number of aromatic hydroxyl groups is 1. The van der Waals surface area contributed by atoms with Crippen LogP contribution < -0.4 is 0 Å². The molecule has 0 bridgehead atoms. The van der Waals surface area contributed by atoms with Crippen LogP contribution in [0.3, 0.4) is 0 Å². The summed E-state index contributed by atoms with van der Waals surface area (Å²) in [7, 11) is 0. The van der Waals surface area contributed by atoms with Gasteiger partial charge in [0.2, 0.25) is 0 Å². The van der Waals surface area contributed by atoms with Crippen LogP contribution >= 0.6 is 0 Å². The van der Waals surface area contributed by atoms with Crippen molar-refractivity contribution in [3.8, 4) is 5.75 Å². The lowest BCUT2D eigenvalue weighted by molar-refractivity contribution is 0.188. The molecule has 102 valence electrons. The average Bonchev–Trinajstić information content (AvgIpc) is 2.34. The molecule has 0 saturated carbocycles. The van der Waals surface area contributed by atoms with Gasteiger partial charge in [0.15, 0.2) is 0 Å². The molecule has 0 saturated heterocycles. The molecule has 0 aromatic heterocycles. The van der Waals surface area contributed by atoms with Gasteiger partial charge in [-0.15, -0.1) is 0 Å². The van der Waals surface area contributed by atoms with E-state index in [9.17, 15) is 5.11 Å². The molecule has 0 aliphatic carbocycles. The van der Waals surface area contributed by atoms with Gasteiger partial charge < -0.3 is 10.0 Å². The number of phenolic OH excluding ortho intramolecular Hbond substituents is 1. The Kier molecular flexibility index (Phi) is 6.20. The number of hydrogen-bond donors (Lipinski definition) is 1. The van der Waals surface area contributed by atoms with Crippen LogP contribution in [0.5, 0.6) is 5.75 Å². The first-order chi connectivity index (χ1) is 8.52. The zero-order valence-electron chi connectivity index (χ0n) is 12.2. The summed E-state index contributed by atoms with van der Waals surface area (Å²) >= 11 is 0. The van der Waals surface area contributed by atoms with Gasteiger partial charge in [0.25, 0.3) is 0 Å². The van der Waals surface area contributed by atoms with E-state index in [1.807, 2.05) is 12.1 Å². The lowest BCUT2D eigenvalue weighted by atomic mass is 10.0. The molecular weight excluding hydrogens is 222 g/mol. The molecule has 0 amide bonds. The van der Waals surface area contributed by atoms with Crippen LogP contribution in [-0.4, -0.2) is 29.1 Å². The fraction of sp³-hybridized carbons (Fsp3) is 0.625. The molecule has 0 radical (unpaired) electrons. The van der Waals surface area contributed by atoms with Gasteiger partial charge in [0.1, 0.15) is 5.75 Å². The highest BCUT2D eigenvalue weighted by Crippen LogP contribution is 2.14. The Bertz CT molecular complexity index is 331. The van der Waals surface area contributed by atoms with Crippen molar-refractivity contribution < 1.29 is 5.11 Å². The maximum absolute atomic E-state index is 9.25. The van der Waals surface area contributed by atoms with Crippen LogP contribution in [0.15, 0.2) is 24.3 Å². The minimum Gasteiger partial charge on any atom is -0.508 e. The van der Waals surface area contributed by atoms with Gasteiger partial charge in [-0.1, -0.05) is 32.9 Å². The summed E-state index contributed by atoms with van der Waals surface area (Å²) in [6.45, 7) is 11.4. The van der Waals surface area contributed by atoms with E-state index in [2.05, 4.69) is 32.6 Å². The van der Waals surface area contributed by atoms with Crippen molar-refractivity contribution in [3.63, 3.8) is 0 Å². The molecule has 18 heavy (non-hydrogen) atoms. The van der Waals surface area contributed by atoms with Gasteiger partial charge in [0.05, 0.1) is 0 Å². The number of rotatable bonds is 7. The SMILES string of the molecule is CCN(CC(C)C)C(C)CCc1ccc(O)cc1. The maximum atomic E-state index is 9.25. The molecule has 2 heteroatoms. The Balaban J connectivity index is 2.43. The molecule has 1 N–H and O–H groups in total. The fourth-order valence-corrected chi connectivity index (χ4v) is 2.31. The zero-order chi connectivity index (χ0) is 13.5. The Morgan fingerprint density at radius 2 is 1.72 bits per heavy atom. The first-order valence-electron chi connectivity index (χ1n) is 7.04. The number of aryl methyl sites for hydroxylation is 1. The molecule has 0 heterocycles. The van der Waals surface area contributed by atoms with Crippen molar-refractivity contribution in [3.05, 3.63) is 29.8 Å². The van der Waals surface area contributed by atoms with E-state index in [1.165, 1.54) is 18.5 Å². The quantitative estimate of drug-likeness (QED) is 0.796. The van der Waals surface area contributed by atoms with Crippen molar-refractivity contribution in [2.24, 2.45) is 5.92 Å². The molecule has 0 aliphatic rings. The summed E-state index contributed by atoms with van der Waals surface area (Å²) in [5.74, 6) is 1.07. The monoisotopic (exact) mass is 249 g/mol. The molecule has 2 nitrogen and oxygen atoms in total. The summed E-state index contributed by atoms with van der Waals surface area (Å²) in [4.78, 5) is 2.55. The van der Waals surface area contributed by atoms with Gasteiger partial charge in [-0.2, -0.15) is 0 Å². The van der Waals surface area contributed by atoms with E-state index in [0.717, 1.165) is 18.9 Å². The number of hydrogen-bond acceptors (Lipinski definition) is 2. The summed E-state index contributed by atoms with van der Waals surface area (Å²) in [6.07, 6.45) is 2.25. The lowest BCUT2D eigenvalue weighted by Crippen LogP contribution is -2.36. The zero-order valence-corrected chi connectivity index (χ0v) is 12.2. The lowest BCUT2D eigenvalue weighted by Gasteiger charge is -2.29. The summed E-state index contributed by atoms with van der Waals surface area (Å²) in [5, 5.41) is 9.25. The highest BCUT2D eigenvalue weighted by molar-refractivity contribution is 5.25. The molecule has 1 aromatic carbocycles. The Hall–Kier alpha value is -1.02. The van der Waals surface area contributed by atoms with Crippen molar-refractivity contribution >= 4 is 0 Å². The van der Waals surface area contributed by atoms with Crippen molar-refractivity contribution in [2.75, 3.05) is 13.1 Å². The summed E-state index contributed by atoms with van der Waals surface area (Å²) in [5.41, 5.74) is 1.31. The third-order valence-corrected chi connectivity index (χ3v) is 3.42. The highest BCUT2D eigenvalue weighted by Gasteiger charge is 2.13. The largest absolute Gasteiger partial charge is 0.508 e. The highest BCUT2D eigenvalue weighted by atomic mass is 16.3. The summed E-state index contributed by atoms with van der Waals surface area (Å²) in [6, 6.07) is 8.19. The van der Waals surface area contributed by atoms with Crippen LogP contribution in [0.2, 0.25) is 0 Å². The van der Waals surface area contributed by atoms with E-state index < -0.39 is 0 Å². The number of phenols is 1. The van der Waals surface area contributed by atoms with E-state index >= 15 is 0 Å².